The van der Waals surface area contributed by atoms with E-state index in [2.05, 4.69) is 0 Å². The molecule has 0 aliphatic heterocycles. The molecular weight excluding hydrogens is 152 g/mol. The average molecular weight is 157 g/mol. The lowest BCUT2D eigenvalue weighted by atomic mass is 10.3. The normalized spacial score (nSPS) is 9.20. The van der Waals surface area contributed by atoms with E-state index in [9.17, 15) is 4.21 Å². The Balaban J connectivity index is 3.21. The Morgan fingerprint density at radius 1 is 1.30 bits per heavy atom. The Kier molecular flexibility index (Phi) is 1.82. The van der Waals surface area contributed by atoms with E-state index >= 15 is 0 Å². The number of rotatable bonds is 1. The minimum atomic E-state index is -0.0993. The van der Waals surface area contributed by atoms with Gasteiger partial charge in [-0.1, -0.05) is 0 Å². The molecule has 0 atom stereocenters. The van der Waals surface area contributed by atoms with Crippen molar-refractivity contribution in [3.63, 3.8) is 0 Å². The summed E-state index contributed by atoms with van der Waals surface area (Å²) in [7, 11) is 0. The third-order valence-corrected chi connectivity index (χ3v) is 1.54. The summed E-state index contributed by atoms with van der Waals surface area (Å²) >= 11 is 0.150. The van der Waals surface area contributed by atoms with Crippen LogP contribution >= 0.6 is 0 Å². The second-order valence-electron chi connectivity index (χ2n) is 1.74. The topological polar surface area (TPSA) is 57.5 Å². The smallest absolute Gasteiger partial charge is 0.508 e. The fourth-order valence-electron chi connectivity index (χ4n) is 0.570. The van der Waals surface area contributed by atoms with Gasteiger partial charge in [0.05, 0.1) is 6.07 Å². The predicted octanol–water partition coefficient (Wildman–Crippen LogP) is 0.885. The van der Waals surface area contributed by atoms with E-state index in [-0.39, 0.29) is 28.1 Å². The van der Waals surface area contributed by atoms with Crippen LogP contribution in [-0.2, 0) is 15.9 Å². The zero-order valence-electron chi connectivity index (χ0n) is 4.94. The summed E-state index contributed by atoms with van der Waals surface area (Å²) in [5.41, 5.74) is 0. The molecule has 10 heavy (non-hydrogen) atoms. The van der Waals surface area contributed by atoms with Gasteiger partial charge >= 0.3 is 16.6 Å². The number of hydrogen-bond donors (Lipinski definition) is 2. The van der Waals surface area contributed by atoms with Crippen molar-refractivity contribution >= 4 is 11.7 Å². The highest BCUT2D eigenvalue weighted by Gasteiger charge is 2.13. The fraction of sp³-hybridized carbons (Fsp3) is 0. The summed E-state index contributed by atoms with van der Waals surface area (Å²) in [6, 6.07) is 3.80. The molecule has 0 aliphatic carbocycles. The molecule has 4 heteroatoms. The van der Waals surface area contributed by atoms with Crippen molar-refractivity contribution in [1.29, 1.82) is 0 Å². The van der Waals surface area contributed by atoms with Crippen LogP contribution in [0.5, 0.6) is 11.5 Å². The van der Waals surface area contributed by atoms with Crippen molar-refractivity contribution in [3.05, 3.63) is 18.2 Å². The van der Waals surface area contributed by atoms with Crippen LogP contribution in [-0.4, -0.2) is 10.2 Å². The Morgan fingerprint density at radius 2 is 2.00 bits per heavy atom. The van der Waals surface area contributed by atoms with Gasteiger partial charge in [0.2, 0.25) is 0 Å². The van der Waals surface area contributed by atoms with Crippen molar-refractivity contribution in [2.45, 2.75) is 4.90 Å². The minimum absolute atomic E-state index is 0.0175. The van der Waals surface area contributed by atoms with E-state index in [1.165, 1.54) is 18.2 Å². The summed E-state index contributed by atoms with van der Waals surface area (Å²) in [4.78, 5) is 0.139. The molecule has 0 spiro atoms. The number of hydrogen-bond acceptors (Lipinski definition) is 3. The van der Waals surface area contributed by atoms with Gasteiger partial charge in [0.25, 0.3) is 0 Å². The molecule has 0 heterocycles. The van der Waals surface area contributed by atoms with E-state index < -0.39 is 0 Å². The van der Waals surface area contributed by atoms with Gasteiger partial charge in [0.15, 0.2) is 5.75 Å². The molecule has 0 aliphatic rings. The van der Waals surface area contributed by atoms with Crippen molar-refractivity contribution in [3.8, 4) is 11.5 Å². The second kappa shape index (κ2) is 2.62. The molecule has 0 saturated carbocycles. The molecule has 0 bridgehead atoms. The average Bonchev–Trinajstić information content (AvgIpc) is 1.94. The van der Waals surface area contributed by atoms with Gasteiger partial charge in [0.1, 0.15) is 5.75 Å². The van der Waals surface area contributed by atoms with Crippen LogP contribution in [0.15, 0.2) is 23.1 Å². The molecule has 0 radical (unpaired) electrons. The number of benzene rings is 1. The highest BCUT2D eigenvalue weighted by Crippen LogP contribution is 2.21. The molecule has 0 amide bonds. The first-order valence-corrected chi connectivity index (χ1v) is 3.30. The Hall–Kier alpha value is -1.16. The maximum atomic E-state index is 10.2. The predicted molar refractivity (Wildman–Crippen MR) is 36.1 cm³/mol. The van der Waals surface area contributed by atoms with E-state index in [0.717, 1.165) is 0 Å². The summed E-state index contributed by atoms with van der Waals surface area (Å²) in [6.45, 7) is 0. The Labute approximate surface area is 61.4 Å². The van der Waals surface area contributed by atoms with Gasteiger partial charge in [-0.3, -0.25) is 0 Å². The number of phenols is 2. The molecule has 0 fully saturated rings. The van der Waals surface area contributed by atoms with Gasteiger partial charge in [-0.05, 0) is 12.1 Å². The van der Waals surface area contributed by atoms with Crippen LogP contribution in [0, 0.1) is 0 Å². The highest BCUT2D eigenvalue weighted by atomic mass is 32.1. The maximum absolute atomic E-state index is 10.2. The summed E-state index contributed by atoms with van der Waals surface area (Å²) in [5.74, 6) is -0.117. The third kappa shape index (κ3) is 1.22. The molecular formula is C6H5O3S+. The molecule has 1 aromatic rings. The van der Waals surface area contributed by atoms with Crippen molar-refractivity contribution in [2.24, 2.45) is 0 Å². The first kappa shape index (κ1) is 6.95. The van der Waals surface area contributed by atoms with Crippen molar-refractivity contribution in [2.75, 3.05) is 0 Å². The first-order chi connectivity index (χ1) is 4.74. The van der Waals surface area contributed by atoms with Gasteiger partial charge in [0, 0.05) is 4.21 Å². The van der Waals surface area contributed by atoms with Crippen LogP contribution in [0.2, 0.25) is 0 Å². The lowest BCUT2D eigenvalue weighted by Crippen LogP contribution is -1.74. The highest BCUT2D eigenvalue weighted by molar-refractivity contribution is 7.65. The van der Waals surface area contributed by atoms with Crippen molar-refractivity contribution < 1.29 is 14.4 Å². The minimum Gasteiger partial charge on any atom is -0.508 e. The van der Waals surface area contributed by atoms with Gasteiger partial charge in [-0.15, -0.1) is 0 Å². The van der Waals surface area contributed by atoms with Crippen LogP contribution < -0.4 is 0 Å². The van der Waals surface area contributed by atoms with E-state index in [1.54, 1.807) is 0 Å². The summed E-state index contributed by atoms with van der Waals surface area (Å²) in [5, 5.41) is 17.7. The molecule has 0 unspecified atom stereocenters. The molecule has 52 valence electrons. The Morgan fingerprint density at radius 3 is 2.50 bits per heavy atom. The zero-order chi connectivity index (χ0) is 7.56. The monoisotopic (exact) mass is 157 g/mol. The maximum Gasteiger partial charge on any atom is 0.509 e. The number of phenolic OH excluding ortho intramolecular Hbond substituents is 2. The third-order valence-electron chi connectivity index (χ3n) is 1.03. The largest absolute Gasteiger partial charge is 0.509 e. The van der Waals surface area contributed by atoms with Gasteiger partial charge < -0.3 is 10.2 Å². The molecule has 0 aromatic heterocycles. The molecule has 3 nitrogen and oxygen atoms in total. The second-order valence-corrected chi connectivity index (χ2v) is 2.34. The SMILES string of the molecule is O=[S+]c1cc(O)ccc1O. The van der Waals surface area contributed by atoms with Crippen LogP contribution in [0.1, 0.15) is 0 Å². The van der Waals surface area contributed by atoms with E-state index in [4.69, 9.17) is 10.2 Å². The lowest BCUT2D eigenvalue weighted by molar-refractivity contribution is 0.447. The van der Waals surface area contributed by atoms with Gasteiger partial charge in [-0.2, -0.15) is 0 Å². The Bertz CT molecular complexity index is 259. The fourth-order valence-corrected chi connectivity index (χ4v) is 0.892. The van der Waals surface area contributed by atoms with Gasteiger partial charge in [-0.25, -0.2) is 0 Å². The van der Waals surface area contributed by atoms with E-state index in [1.807, 2.05) is 0 Å². The van der Waals surface area contributed by atoms with Crippen LogP contribution in [0.4, 0.5) is 0 Å². The standard InChI is InChI=1S/C6H4O3S/c7-4-1-2-5(8)6(3-4)10-9/h1-3H,(H-,7,8,9)/p+1. The summed E-state index contributed by atoms with van der Waals surface area (Å²) in [6.07, 6.45) is 0. The summed E-state index contributed by atoms with van der Waals surface area (Å²) < 4.78 is 10.2. The number of aromatic hydroxyl groups is 2. The molecule has 0 saturated heterocycles. The molecule has 1 rings (SSSR count). The van der Waals surface area contributed by atoms with E-state index in [0.29, 0.717) is 0 Å². The lowest BCUT2D eigenvalue weighted by Gasteiger charge is -1.87. The molecule has 2 N–H and O–H groups in total. The van der Waals surface area contributed by atoms with Crippen molar-refractivity contribution in [1.82, 2.24) is 0 Å². The quantitative estimate of drug-likeness (QED) is 0.470. The molecule has 1 aromatic carbocycles. The van der Waals surface area contributed by atoms with Crippen LogP contribution in [0.3, 0.4) is 0 Å². The zero-order valence-corrected chi connectivity index (χ0v) is 5.76. The van der Waals surface area contributed by atoms with Crippen LogP contribution in [0.25, 0.3) is 0 Å². The first-order valence-electron chi connectivity index (χ1n) is 2.56.